The number of carbonyl (C=O) groups is 2. The molecule has 194 valence electrons. The predicted molar refractivity (Wildman–Crippen MR) is 137 cm³/mol. The van der Waals surface area contributed by atoms with Gasteiger partial charge in [0.2, 0.25) is 12.3 Å². The Hall–Kier alpha value is -3.66. The van der Waals surface area contributed by atoms with Crippen LogP contribution in [-0.2, 0) is 4.79 Å². The average molecular weight is 525 g/mol. The highest BCUT2D eigenvalue weighted by Gasteiger charge is 2.47. The van der Waals surface area contributed by atoms with Crippen molar-refractivity contribution in [2.24, 2.45) is 0 Å². The van der Waals surface area contributed by atoms with Crippen LogP contribution in [0, 0.1) is 0 Å². The normalized spacial score (nSPS) is 17.9. The zero-order valence-corrected chi connectivity index (χ0v) is 22.0. The molecule has 2 aliphatic rings. The van der Waals surface area contributed by atoms with Gasteiger partial charge in [-0.05, 0) is 44.4 Å². The summed E-state index contributed by atoms with van der Waals surface area (Å²) in [5.74, 6) is 0.738. The summed E-state index contributed by atoms with van der Waals surface area (Å²) in [5, 5.41) is 0.623. The van der Waals surface area contributed by atoms with Gasteiger partial charge in [0.05, 0.1) is 25.5 Å². The Morgan fingerprint density at radius 3 is 2.38 bits per heavy atom. The van der Waals surface area contributed by atoms with Crippen LogP contribution in [0.3, 0.4) is 0 Å². The van der Waals surface area contributed by atoms with Gasteiger partial charge in [0.15, 0.2) is 5.69 Å². The van der Waals surface area contributed by atoms with E-state index in [1.54, 1.807) is 11.1 Å². The second-order valence-corrected chi connectivity index (χ2v) is 9.89. The number of hydrogen-bond acceptors (Lipinski definition) is 7. The molecule has 1 atom stereocenters. The van der Waals surface area contributed by atoms with Gasteiger partial charge in [0.1, 0.15) is 11.9 Å². The SMILES string of the molecule is COc1ncc(-c2nc3c(n2C(C)C)C(c2ccc(Cl)cc2)N(C2CCN(C=O)CC2)C3=O)c(OC)n1. The Kier molecular flexibility index (Phi) is 6.76. The Morgan fingerprint density at radius 1 is 1.08 bits per heavy atom. The number of halogens is 1. The number of likely N-dealkylation sites (tertiary alicyclic amines) is 1. The minimum absolute atomic E-state index is 0.0264. The first-order chi connectivity index (χ1) is 17.9. The van der Waals surface area contributed by atoms with E-state index < -0.39 is 0 Å². The van der Waals surface area contributed by atoms with Crippen LogP contribution in [0.25, 0.3) is 11.4 Å². The molecule has 2 aromatic heterocycles. The van der Waals surface area contributed by atoms with Crippen LogP contribution < -0.4 is 9.47 Å². The third-order valence-electron chi connectivity index (χ3n) is 7.01. The minimum atomic E-state index is -0.360. The molecular formula is C26H29ClN6O4. The first kappa shape index (κ1) is 25.0. The number of fused-ring (bicyclic) bond motifs is 1. The molecule has 1 saturated heterocycles. The largest absolute Gasteiger partial charge is 0.480 e. The highest BCUT2D eigenvalue weighted by atomic mass is 35.5. The Bertz CT molecular complexity index is 1320. The van der Waals surface area contributed by atoms with Crippen molar-refractivity contribution in [2.75, 3.05) is 27.3 Å². The van der Waals surface area contributed by atoms with Crippen LogP contribution in [0.2, 0.25) is 5.02 Å². The summed E-state index contributed by atoms with van der Waals surface area (Å²) in [7, 11) is 3.01. The van der Waals surface area contributed by atoms with Crippen molar-refractivity contribution in [2.45, 2.75) is 44.8 Å². The highest BCUT2D eigenvalue weighted by molar-refractivity contribution is 6.30. The molecule has 1 unspecified atom stereocenters. The summed E-state index contributed by atoms with van der Waals surface area (Å²) in [6.07, 6.45) is 3.88. The Labute approximate surface area is 220 Å². The zero-order valence-electron chi connectivity index (χ0n) is 21.2. The van der Waals surface area contributed by atoms with Gasteiger partial charge in [-0.3, -0.25) is 9.59 Å². The summed E-state index contributed by atoms with van der Waals surface area (Å²) >= 11 is 6.21. The molecule has 2 aliphatic heterocycles. The molecule has 10 nitrogen and oxygen atoms in total. The number of piperidine rings is 1. The molecule has 1 fully saturated rings. The van der Waals surface area contributed by atoms with Crippen molar-refractivity contribution < 1.29 is 19.1 Å². The van der Waals surface area contributed by atoms with Crippen LogP contribution in [0.1, 0.15) is 60.5 Å². The van der Waals surface area contributed by atoms with E-state index in [0.29, 0.717) is 53.9 Å². The van der Waals surface area contributed by atoms with Crippen molar-refractivity contribution >= 4 is 23.9 Å². The third kappa shape index (κ3) is 4.29. The summed E-state index contributed by atoms with van der Waals surface area (Å²) in [6.45, 7) is 5.32. The predicted octanol–water partition coefficient (Wildman–Crippen LogP) is 3.76. The lowest BCUT2D eigenvalue weighted by atomic mass is 9.98. The van der Waals surface area contributed by atoms with Crippen molar-refractivity contribution in [3.8, 4) is 23.3 Å². The second-order valence-electron chi connectivity index (χ2n) is 9.45. The maximum Gasteiger partial charge on any atom is 0.319 e. The molecule has 5 rings (SSSR count). The van der Waals surface area contributed by atoms with Gasteiger partial charge >= 0.3 is 6.01 Å². The standard InChI is InChI=1S/C26H29ClN6O4/c1-15(2)32-22-20(29-23(32)19-13-28-26(37-4)30-24(19)36-3)25(35)33(18-9-11-31(14-34)12-10-18)21(22)16-5-7-17(27)8-6-16/h5-8,13-15,18,21H,9-12H2,1-4H3. The van der Waals surface area contributed by atoms with Crippen molar-refractivity contribution in [3.63, 3.8) is 0 Å². The van der Waals surface area contributed by atoms with Crippen LogP contribution in [-0.4, -0.2) is 75.0 Å². The molecule has 0 aliphatic carbocycles. The van der Waals surface area contributed by atoms with E-state index >= 15 is 0 Å². The summed E-state index contributed by atoms with van der Waals surface area (Å²) in [6, 6.07) is 7.35. The van der Waals surface area contributed by atoms with Crippen LogP contribution in [0.15, 0.2) is 30.5 Å². The quantitative estimate of drug-likeness (QED) is 0.433. The van der Waals surface area contributed by atoms with Crippen LogP contribution >= 0.6 is 11.6 Å². The molecule has 2 amide bonds. The monoisotopic (exact) mass is 524 g/mol. The molecule has 11 heteroatoms. The smallest absolute Gasteiger partial charge is 0.319 e. The fourth-order valence-corrected chi connectivity index (χ4v) is 5.44. The maximum absolute atomic E-state index is 14.0. The van der Waals surface area contributed by atoms with Gasteiger partial charge in [-0.25, -0.2) is 9.97 Å². The lowest BCUT2D eigenvalue weighted by Crippen LogP contribution is -2.46. The molecule has 4 heterocycles. The van der Waals surface area contributed by atoms with Gasteiger partial charge in [-0.1, -0.05) is 23.7 Å². The van der Waals surface area contributed by atoms with Crippen LogP contribution in [0.4, 0.5) is 0 Å². The Balaban J connectivity index is 1.68. The van der Waals surface area contributed by atoms with E-state index in [0.717, 1.165) is 17.7 Å². The maximum atomic E-state index is 14.0. The number of imidazole rings is 1. The molecule has 0 saturated carbocycles. The molecule has 0 bridgehead atoms. The summed E-state index contributed by atoms with van der Waals surface area (Å²) in [5.41, 5.74) is 2.73. The molecule has 1 aromatic carbocycles. The summed E-state index contributed by atoms with van der Waals surface area (Å²) in [4.78, 5) is 42.5. The fraction of sp³-hybridized carbons (Fsp3) is 0.423. The number of rotatable bonds is 7. The van der Waals surface area contributed by atoms with E-state index in [4.69, 9.17) is 26.1 Å². The van der Waals surface area contributed by atoms with Crippen molar-refractivity contribution in [1.29, 1.82) is 0 Å². The lowest BCUT2D eigenvalue weighted by Gasteiger charge is -2.39. The van der Waals surface area contributed by atoms with Gasteiger partial charge in [-0.2, -0.15) is 4.98 Å². The average Bonchev–Trinajstić information content (AvgIpc) is 3.44. The lowest BCUT2D eigenvalue weighted by molar-refractivity contribution is -0.119. The fourth-order valence-electron chi connectivity index (χ4n) is 5.32. The van der Waals surface area contributed by atoms with E-state index in [1.165, 1.54) is 14.2 Å². The highest BCUT2D eigenvalue weighted by Crippen LogP contribution is 2.45. The number of benzene rings is 1. The van der Waals surface area contributed by atoms with Crippen molar-refractivity contribution in [3.05, 3.63) is 52.4 Å². The number of ether oxygens (including phenoxy) is 2. The first-order valence-electron chi connectivity index (χ1n) is 12.2. The molecule has 3 aromatic rings. The van der Waals surface area contributed by atoms with Crippen molar-refractivity contribution in [1.82, 2.24) is 29.3 Å². The number of nitrogens with zero attached hydrogens (tertiary/aromatic N) is 6. The van der Waals surface area contributed by atoms with E-state index in [9.17, 15) is 9.59 Å². The van der Waals surface area contributed by atoms with E-state index in [-0.39, 0.29) is 30.0 Å². The third-order valence-corrected chi connectivity index (χ3v) is 7.27. The molecule has 0 spiro atoms. The Morgan fingerprint density at radius 2 is 1.78 bits per heavy atom. The summed E-state index contributed by atoms with van der Waals surface area (Å²) < 4.78 is 12.8. The number of hydrogen-bond donors (Lipinski definition) is 0. The number of aromatic nitrogens is 4. The number of carbonyl (C=O) groups excluding carboxylic acids is 2. The molecule has 0 radical (unpaired) electrons. The van der Waals surface area contributed by atoms with E-state index in [2.05, 4.69) is 28.4 Å². The van der Waals surface area contributed by atoms with Gasteiger partial charge < -0.3 is 23.8 Å². The number of amides is 2. The first-order valence-corrected chi connectivity index (χ1v) is 12.6. The van der Waals surface area contributed by atoms with Gasteiger partial charge in [0, 0.05) is 36.4 Å². The van der Waals surface area contributed by atoms with Gasteiger partial charge in [-0.15, -0.1) is 0 Å². The minimum Gasteiger partial charge on any atom is -0.480 e. The topological polar surface area (TPSA) is 103 Å². The van der Waals surface area contributed by atoms with E-state index in [1.807, 2.05) is 29.2 Å². The second kappa shape index (κ2) is 10.0. The number of methoxy groups -OCH3 is 2. The van der Waals surface area contributed by atoms with Gasteiger partial charge in [0.25, 0.3) is 5.91 Å². The molecule has 37 heavy (non-hydrogen) atoms. The zero-order chi connectivity index (χ0) is 26.3. The van der Waals surface area contributed by atoms with Crippen LogP contribution in [0.5, 0.6) is 11.9 Å². The molecule has 0 N–H and O–H groups in total. The molecular weight excluding hydrogens is 496 g/mol.